The van der Waals surface area contributed by atoms with Crippen LogP contribution in [0.1, 0.15) is 11.1 Å². The van der Waals surface area contributed by atoms with E-state index in [2.05, 4.69) is 5.32 Å². The fraction of sp³-hybridized carbons (Fsp3) is 0.316. The van der Waals surface area contributed by atoms with Gasteiger partial charge < -0.3 is 10.1 Å². The summed E-state index contributed by atoms with van der Waals surface area (Å²) in [7, 11) is -1.81. The lowest BCUT2D eigenvalue weighted by atomic mass is 10.1. The van der Waals surface area contributed by atoms with E-state index in [1.54, 1.807) is 19.2 Å². The molecule has 2 rings (SSSR count). The van der Waals surface area contributed by atoms with Crippen molar-refractivity contribution >= 4 is 15.9 Å². The highest BCUT2D eigenvalue weighted by Crippen LogP contribution is 2.14. The number of nitrogens with zero attached hydrogens (tertiary/aromatic N) is 1. The molecule has 0 saturated carbocycles. The predicted octanol–water partition coefficient (Wildman–Crippen LogP) is 1.82. The summed E-state index contributed by atoms with van der Waals surface area (Å²) in [5.41, 5.74) is 1.77. The Balaban J connectivity index is 1.88. The van der Waals surface area contributed by atoms with Gasteiger partial charge in [0.1, 0.15) is 5.75 Å². The third-order valence-electron chi connectivity index (χ3n) is 3.88. The normalized spacial score (nSPS) is 11.3. The van der Waals surface area contributed by atoms with E-state index in [0.717, 1.165) is 11.1 Å². The van der Waals surface area contributed by atoms with Crippen LogP contribution in [-0.2, 0) is 27.8 Å². The van der Waals surface area contributed by atoms with Crippen molar-refractivity contribution in [3.63, 3.8) is 0 Å². The first-order valence-electron chi connectivity index (χ1n) is 8.27. The van der Waals surface area contributed by atoms with Crippen molar-refractivity contribution in [2.24, 2.45) is 0 Å². The second-order valence-corrected chi connectivity index (χ2v) is 7.94. The van der Waals surface area contributed by atoms with Gasteiger partial charge in [-0.1, -0.05) is 42.5 Å². The van der Waals surface area contributed by atoms with Crippen molar-refractivity contribution < 1.29 is 17.9 Å². The lowest BCUT2D eigenvalue weighted by Crippen LogP contribution is -2.38. The Morgan fingerprint density at radius 3 is 2.27 bits per heavy atom. The number of benzene rings is 2. The minimum atomic E-state index is -3.38. The number of rotatable bonds is 9. The van der Waals surface area contributed by atoms with Crippen LogP contribution in [0.5, 0.6) is 5.75 Å². The van der Waals surface area contributed by atoms with Gasteiger partial charge in [-0.25, -0.2) is 8.42 Å². The van der Waals surface area contributed by atoms with E-state index in [9.17, 15) is 13.2 Å². The van der Waals surface area contributed by atoms with E-state index in [1.165, 1.54) is 10.6 Å². The average Bonchev–Trinajstić information content (AvgIpc) is 2.61. The molecule has 26 heavy (non-hydrogen) atoms. The molecule has 0 atom stereocenters. The number of amides is 1. The summed E-state index contributed by atoms with van der Waals surface area (Å²) in [5.74, 6) is 0.585. The van der Waals surface area contributed by atoms with E-state index >= 15 is 0 Å². The molecule has 0 heterocycles. The highest BCUT2D eigenvalue weighted by molar-refractivity contribution is 7.88. The molecule has 2 aromatic rings. The molecule has 0 unspecified atom stereocenters. The number of sulfonamides is 1. The Morgan fingerprint density at radius 1 is 1.04 bits per heavy atom. The Hall–Kier alpha value is -2.38. The van der Waals surface area contributed by atoms with Crippen LogP contribution in [0.4, 0.5) is 0 Å². The minimum absolute atomic E-state index is 0.130. The number of methoxy groups -OCH3 is 1. The van der Waals surface area contributed by atoms with Gasteiger partial charge >= 0.3 is 0 Å². The molecular weight excluding hydrogens is 352 g/mol. The number of carbonyl (C=O) groups excluding carboxylic acids is 1. The molecule has 2 aromatic carbocycles. The van der Waals surface area contributed by atoms with Crippen molar-refractivity contribution in [2.75, 3.05) is 26.5 Å². The molecule has 7 heteroatoms. The second-order valence-electron chi connectivity index (χ2n) is 5.96. The third-order valence-corrected chi connectivity index (χ3v) is 5.13. The zero-order valence-corrected chi connectivity index (χ0v) is 15.8. The molecule has 1 amide bonds. The van der Waals surface area contributed by atoms with Crippen molar-refractivity contribution in [1.82, 2.24) is 9.62 Å². The summed E-state index contributed by atoms with van der Waals surface area (Å²) >= 11 is 0. The first-order chi connectivity index (χ1) is 12.4. The number of hydrogen-bond acceptors (Lipinski definition) is 4. The van der Waals surface area contributed by atoms with Crippen LogP contribution in [0.25, 0.3) is 0 Å². The Kier molecular flexibility index (Phi) is 7.17. The number of ether oxygens (including phenoxy) is 1. The zero-order valence-electron chi connectivity index (χ0n) is 15.0. The molecule has 0 bridgehead atoms. The van der Waals surface area contributed by atoms with Crippen LogP contribution in [0.15, 0.2) is 54.6 Å². The van der Waals surface area contributed by atoms with Gasteiger partial charge in [0.2, 0.25) is 15.9 Å². The van der Waals surface area contributed by atoms with E-state index in [-0.39, 0.29) is 32.0 Å². The first kappa shape index (κ1) is 19.9. The van der Waals surface area contributed by atoms with Gasteiger partial charge in [-0.05, 0) is 23.3 Å². The van der Waals surface area contributed by atoms with Crippen LogP contribution in [0, 0.1) is 0 Å². The number of nitrogens with one attached hydrogen (secondary N) is 1. The quantitative estimate of drug-likeness (QED) is 0.724. The predicted molar refractivity (Wildman–Crippen MR) is 101 cm³/mol. The summed E-state index contributed by atoms with van der Waals surface area (Å²) in [6.07, 6.45) is 1.44. The molecule has 1 N–H and O–H groups in total. The summed E-state index contributed by atoms with van der Waals surface area (Å²) in [5, 5.41) is 2.77. The number of hydrogen-bond donors (Lipinski definition) is 1. The van der Waals surface area contributed by atoms with Crippen LogP contribution in [0.3, 0.4) is 0 Å². The van der Waals surface area contributed by atoms with Crippen molar-refractivity contribution in [1.29, 1.82) is 0 Å². The Bertz CT molecular complexity index is 805. The van der Waals surface area contributed by atoms with Gasteiger partial charge in [0.05, 0.1) is 19.8 Å². The van der Waals surface area contributed by atoms with Gasteiger partial charge in [0, 0.05) is 19.6 Å². The summed E-state index contributed by atoms with van der Waals surface area (Å²) in [4.78, 5) is 12.0. The van der Waals surface area contributed by atoms with Crippen molar-refractivity contribution in [3.8, 4) is 5.75 Å². The molecule has 0 aliphatic carbocycles. The van der Waals surface area contributed by atoms with E-state index in [0.29, 0.717) is 5.75 Å². The van der Waals surface area contributed by atoms with Crippen LogP contribution in [0.2, 0.25) is 0 Å². The maximum absolute atomic E-state index is 12.0. The lowest BCUT2D eigenvalue weighted by molar-refractivity contribution is -0.120. The molecular formula is C19H24N2O4S. The zero-order chi connectivity index (χ0) is 19.0. The average molecular weight is 376 g/mol. The highest BCUT2D eigenvalue weighted by atomic mass is 32.2. The van der Waals surface area contributed by atoms with Gasteiger partial charge in [-0.2, -0.15) is 4.31 Å². The standard InChI is InChI=1S/C19H24N2O4S/c1-25-18-10-8-17(9-11-18)15-21(26(2,23)24)13-12-20-19(22)14-16-6-4-3-5-7-16/h3-11H,12-15H2,1-2H3,(H,20,22). The molecule has 0 aliphatic rings. The summed E-state index contributed by atoms with van der Waals surface area (Å²) < 4.78 is 30.5. The third kappa shape index (κ3) is 6.50. The largest absolute Gasteiger partial charge is 0.497 e. The first-order valence-corrected chi connectivity index (χ1v) is 10.1. The Morgan fingerprint density at radius 2 is 1.69 bits per heavy atom. The molecule has 0 aromatic heterocycles. The van der Waals surface area contributed by atoms with E-state index in [1.807, 2.05) is 42.5 Å². The molecule has 0 saturated heterocycles. The van der Waals surface area contributed by atoms with E-state index < -0.39 is 10.0 Å². The topological polar surface area (TPSA) is 75.7 Å². The van der Waals surface area contributed by atoms with Gasteiger partial charge in [-0.3, -0.25) is 4.79 Å². The molecule has 0 radical (unpaired) electrons. The lowest BCUT2D eigenvalue weighted by Gasteiger charge is -2.20. The maximum Gasteiger partial charge on any atom is 0.224 e. The van der Waals surface area contributed by atoms with Crippen molar-refractivity contribution in [3.05, 3.63) is 65.7 Å². The Labute approximate surface area is 154 Å². The molecule has 0 fully saturated rings. The van der Waals surface area contributed by atoms with Gasteiger partial charge in [0.15, 0.2) is 0 Å². The van der Waals surface area contributed by atoms with Crippen LogP contribution >= 0.6 is 0 Å². The minimum Gasteiger partial charge on any atom is -0.497 e. The fourth-order valence-electron chi connectivity index (χ4n) is 2.46. The van der Waals surface area contributed by atoms with Crippen molar-refractivity contribution in [2.45, 2.75) is 13.0 Å². The smallest absolute Gasteiger partial charge is 0.224 e. The fourth-order valence-corrected chi connectivity index (χ4v) is 3.27. The monoisotopic (exact) mass is 376 g/mol. The maximum atomic E-state index is 12.0. The summed E-state index contributed by atoms with van der Waals surface area (Å²) in [6, 6.07) is 16.6. The van der Waals surface area contributed by atoms with Gasteiger partial charge in [-0.15, -0.1) is 0 Å². The van der Waals surface area contributed by atoms with Crippen LogP contribution < -0.4 is 10.1 Å². The SMILES string of the molecule is COc1ccc(CN(CCNC(=O)Cc2ccccc2)S(C)(=O)=O)cc1. The van der Waals surface area contributed by atoms with Crippen LogP contribution in [-0.4, -0.2) is 45.1 Å². The highest BCUT2D eigenvalue weighted by Gasteiger charge is 2.17. The summed E-state index contributed by atoms with van der Waals surface area (Å²) in [6.45, 7) is 0.720. The molecule has 0 aliphatic heterocycles. The van der Waals surface area contributed by atoms with E-state index in [4.69, 9.17) is 4.74 Å². The number of carbonyl (C=O) groups is 1. The molecule has 0 spiro atoms. The molecule has 6 nitrogen and oxygen atoms in total. The molecule has 140 valence electrons. The second kappa shape index (κ2) is 9.35. The van der Waals surface area contributed by atoms with Gasteiger partial charge in [0.25, 0.3) is 0 Å².